The molecule has 2 fully saturated rings. The van der Waals surface area contributed by atoms with Gasteiger partial charge in [0.15, 0.2) is 0 Å². The number of ether oxygens (including phenoxy) is 3. The number of carbonyl (C=O) groups is 2. The number of carboxylic acid groups (broad SMARTS) is 1. The van der Waals surface area contributed by atoms with E-state index in [1.165, 1.54) is 6.08 Å². The molecule has 0 unspecified atom stereocenters. The summed E-state index contributed by atoms with van der Waals surface area (Å²) >= 11 is 0. The van der Waals surface area contributed by atoms with Crippen LogP contribution < -0.4 is 34.7 Å². The molecule has 2 rings (SSSR count). The number of epoxide rings is 1. The van der Waals surface area contributed by atoms with Crippen LogP contribution in [0, 0.1) is 11.8 Å². The predicted octanol–water partition coefficient (Wildman–Crippen LogP) is -1.74. The molecule has 0 spiro atoms. The van der Waals surface area contributed by atoms with Gasteiger partial charge in [-0.1, -0.05) is 38.2 Å². The van der Waals surface area contributed by atoms with Crippen LogP contribution in [0.1, 0.15) is 78.6 Å². The van der Waals surface area contributed by atoms with Crippen molar-refractivity contribution in [1.82, 2.24) is 0 Å². The van der Waals surface area contributed by atoms with Crippen molar-refractivity contribution in [2.24, 2.45) is 11.8 Å². The molecule has 9 nitrogen and oxygen atoms in total. The molecule has 2 heterocycles. The fourth-order valence-corrected chi connectivity index (χ4v) is 4.58. The first-order chi connectivity index (χ1) is 16.6. The van der Waals surface area contributed by atoms with Crippen LogP contribution in [0.2, 0.25) is 0 Å². The Morgan fingerprint density at radius 1 is 1.06 bits per heavy atom. The maximum Gasteiger partial charge on any atom is 1.00 e. The average molecular weight is 523 g/mol. The van der Waals surface area contributed by atoms with E-state index < -0.39 is 36.4 Å². The molecule has 36 heavy (non-hydrogen) atoms. The number of aliphatic hydroxyl groups is 3. The summed E-state index contributed by atoms with van der Waals surface area (Å²) in [5.41, 5.74) is 0.703. The van der Waals surface area contributed by atoms with Crippen molar-refractivity contribution in [3.8, 4) is 0 Å². The molecular formula is C26H43NaO9. The second-order valence-electron chi connectivity index (χ2n) is 10.2. The summed E-state index contributed by atoms with van der Waals surface area (Å²) in [6.45, 7) is 6.05. The standard InChI is InChI=1S/C26H44O9.Na/c1-16(13-23(30)33-11-9-7-5-4-6-8-10-22(28)29)12-20-25(32)24(31)19(15-34-20)14-21-26(35-21)17(2)18(3)27;/h13,17-21,24-27,31-32H,4-12,14-15H2,1-3H3,(H,28,29);/q;+1/p-1/b16-13+;/t17-,18-,19-,20-,21+,24+,25-,26-;/m0./s1. The van der Waals surface area contributed by atoms with Crippen molar-refractivity contribution in [2.75, 3.05) is 13.2 Å². The fourth-order valence-electron chi connectivity index (χ4n) is 4.58. The van der Waals surface area contributed by atoms with Gasteiger partial charge in [0, 0.05) is 23.9 Å². The van der Waals surface area contributed by atoms with Gasteiger partial charge in [0.25, 0.3) is 0 Å². The SMILES string of the molecule is C/C(=C\C(=O)OCCCCCCCCC(=O)[O-])C[C@@H]1OC[C@H](C[C@H]2O[C@H]2[C@@H](C)[C@H](C)O)[C@@H](O)[C@H]1O.[Na+]. The summed E-state index contributed by atoms with van der Waals surface area (Å²) < 4.78 is 16.7. The molecule has 0 amide bonds. The fraction of sp³-hybridized carbons (Fsp3) is 0.846. The van der Waals surface area contributed by atoms with Crippen LogP contribution >= 0.6 is 0 Å². The van der Waals surface area contributed by atoms with Crippen molar-refractivity contribution >= 4 is 11.9 Å². The Hall–Kier alpha value is -0.520. The maximum atomic E-state index is 12.0. The van der Waals surface area contributed by atoms with Crippen LogP contribution in [0.4, 0.5) is 0 Å². The van der Waals surface area contributed by atoms with Crippen LogP contribution in [-0.4, -0.2) is 77.1 Å². The van der Waals surface area contributed by atoms with Gasteiger partial charge in [-0.25, -0.2) is 4.79 Å². The number of rotatable bonds is 16. The van der Waals surface area contributed by atoms with E-state index in [0.29, 0.717) is 38.0 Å². The van der Waals surface area contributed by atoms with E-state index >= 15 is 0 Å². The number of carboxylic acids is 1. The Balaban J connectivity index is 0.00000648. The van der Waals surface area contributed by atoms with Gasteiger partial charge < -0.3 is 39.4 Å². The minimum absolute atomic E-state index is 0. The van der Waals surface area contributed by atoms with Gasteiger partial charge in [-0.05, 0) is 46.0 Å². The van der Waals surface area contributed by atoms with Gasteiger partial charge in [0.1, 0.15) is 6.10 Å². The molecule has 8 atom stereocenters. The zero-order valence-electron chi connectivity index (χ0n) is 22.3. The van der Waals surface area contributed by atoms with Gasteiger partial charge >= 0.3 is 35.5 Å². The first kappa shape index (κ1) is 33.5. The molecule has 0 aromatic heterocycles. The minimum Gasteiger partial charge on any atom is -0.550 e. The molecular weight excluding hydrogens is 479 g/mol. The van der Waals surface area contributed by atoms with Crippen molar-refractivity contribution in [1.29, 1.82) is 0 Å². The number of esters is 1. The van der Waals surface area contributed by atoms with Crippen LogP contribution in [0.25, 0.3) is 0 Å². The molecule has 2 saturated heterocycles. The maximum absolute atomic E-state index is 12.0. The van der Waals surface area contributed by atoms with E-state index in [4.69, 9.17) is 14.2 Å². The van der Waals surface area contributed by atoms with Crippen LogP contribution in [0.3, 0.4) is 0 Å². The summed E-state index contributed by atoms with van der Waals surface area (Å²) in [6.07, 6.45) is 4.29. The largest absolute Gasteiger partial charge is 1.00 e. The number of aliphatic carboxylic acids is 1. The summed E-state index contributed by atoms with van der Waals surface area (Å²) in [6, 6.07) is 0. The van der Waals surface area contributed by atoms with E-state index in [0.717, 1.165) is 32.1 Å². The molecule has 10 heteroatoms. The second kappa shape index (κ2) is 17.1. The summed E-state index contributed by atoms with van der Waals surface area (Å²) in [5.74, 6) is -1.68. The van der Waals surface area contributed by atoms with Crippen molar-refractivity contribution in [2.45, 2.75) is 115 Å². The molecule has 3 N–H and O–H groups in total. The summed E-state index contributed by atoms with van der Waals surface area (Å²) in [5, 5.41) is 41.2. The molecule has 2 aliphatic heterocycles. The molecule has 0 aliphatic carbocycles. The Bertz CT molecular complexity index is 699. The van der Waals surface area contributed by atoms with E-state index in [1.54, 1.807) is 13.8 Å². The van der Waals surface area contributed by atoms with Crippen LogP contribution in [-0.2, 0) is 23.8 Å². The minimum atomic E-state index is -1.06. The van der Waals surface area contributed by atoms with Crippen LogP contribution in [0.15, 0.2) is 11.6 Å². The zero-order valence-corrected chi connectivity index (χ0v) is 24.3. The Morgan fingerprint density at radius 3 is 2.33 bits per heavy atom. The third kappa shape index (κ3) is 11.9. The molecule has 0 aromatic carbocycles. The quantitative estimate of drug-likeness (QED) is 0.0706. The average Bonchev–Trinajstić information content (AvgIpc) is 3.55. The second-order valence-corrected chi connectivity index (χ2v) is 10.2. The smallest absolute Gasteiger partial charge is 0.550 e. The van der Waals surface area contributed by atoms with Crippen LogP contribution in [0.5, 0.6) is 0 Å². The summed E-state index contributed by atoms with van der Waals surface area (Å²) in [7, 11) is 0. The molecule has 0 bridgehead atoms. The zero-order chi connectivity index (χ0) is 26.0. The van der Waals surface area contributed by atoms with Crippen molar-refractivity contribution in [3.05, 3.63) is 11.6 Å². The number of aliphatic hydroxyl groups excluding tert-OH is 3. The predicted molar refractivity (Wildman–Crippen MR) is 126 cm³/mol. The molecule has 0 saturated carbocycles. The molecule has 2 aliphatic rings. The van der Waals surface area contributed by atoms with Crippen molar-refractivity contribution < 1.29 is 73.8 Å². The topological polar surface area (TPSA) is 149 Å². The normalized spacial score (nSPS) is 29.7. The summed E-state index contributed by atoms with van der Waals surface area (Å²) in [4.78, 5) is 22.4. The van der Waals surface area contributed by atoms with Gasteiger partial charge in [0.05, 0.1) is 43.7 Å². The monoisotopic (exact) mass is 522 g/mol. The van der Waals surface area contributed by atoms with Crippen molar-refractivity contribution in [3.63, 3.8) is 0 Å². The number of unbranched alkanes of at least 4 members (excludes halogenated alkanes) is 5. The molecule has 202 valence electrons. The third-order valence-corrected chi connectivity index (χ3v) is 7.08. The van der Waals surface area contributed by atoms with Gasteiger partial charge in [-0.15, -0.1) is 0 Å². The Morgan fingerprint density at radius 2 is 1.69 bits per heavy atom. The number of hydrogen-bond donors (Lipinski definition) is 3. The first-order valence-electron chi connectivity index (χ1n) is 12.9. The van der Waals surface area contributed by atoms with E-state index in [2.05, 4.69) is 0 Å². The number of carbonyl (C=O) groups excluding carboxylic acids is 2. The molecule has 0 radical (unpaired) electrons. The van der Waals surface area contributed by atoms with Gasteiger partial charge in [-0.3, -0.25) is 0 Å². The van der Waals surface area contributed by atoms with E-state index in [9.17, 15) is 30.0 Å². The first-order valence-corrected chi connectivity index (χ1v) is 12.9. The van der Waals surface area contributed by atoms with Gasteiger partial charge in [-0.2, -0.15) is 0 Å². The van der Waals surface area contributed by atoms with E-state index in [1.807, 2.05) is 6.92 Å². The number of hydrogen-bond acceptors (Lipinski definition) is 9. The molecule has 0 aromatic rings. The Kier molecular flexibility index (Phi) is 16.0. The Labute approximate surface area is 236 Å². The van der Waals surface area contributed by atoms with Gasteiger partial charge in [0.2, 0.25) is 0 Å². The van der Waals surface area contributed by atoms with E-state index in [-0.39, 0.29) is 60.0 Å². The third-order valence-electron chi connectivity index (χ3n) is 7.08.